The second-order valence-corrected chi connectivity index (χ2v) is 8.37. The highest BCUT2D eigenvalue weighted by atomic mass is 32.2. The number of benzene rings is 2. The van der Waals surface area contributed by atoms with Crippen molar-refractivity contribution in [3.63, 3.8) is 0 Å². The summed E-state index contributed by atoms with van der Waals surface area (Å²) in [5, 5.41) is 4.09. The molecule has 1 aromatic heterocycles. The van der Waals surface area contributed by atoms with Gasteiger partial charge in [0.2, 0.25) is 10.0 Å². The van der Waals surface area contributed by atoms with E-state index in [1.807, 2.05) is 51.1 Å². The van der Waals surface area contributed by atoms with E-state index in [2.05, 4.69) is 10.1 Å². The van der Waals surface area contributed by atoms with Crippen LogP contribution in [0.3, 0.4) is 0 Å². The number of nitrogens with zero attached hydrogens (tertiary/aromatic N) is 4. The van der Waals surface area contributed by atoms with E-state index in [0.717, 1.165) is 22.4 Å². The first-order chi connectivity index (χ1) is 12.3. The van der Waals surface area contributed by atoms with Crippen LogP contribution in [0, 0.1) is 13.8 Å². The summed E-state index contributed by atoms with van der Waals surface area (Å²) < 4.78 is 29.0. The van der Waals surface area contributed by atoms with E-state index in [1.165, 1.54) is 10.6 Å². The van der Waals surface area contributed by atoms with Crippen LogP contribution in [0.25, 0.3) is 5.69 Å². The number of aryl methyl sites for hydroxylation is 2. The maximum absolute atomic E-state index is 13.0. The van der Waals surface area contributed by atoms with Gasteiger partial charge in [0.1, 0.15) is 12.7 Å². The van der Waals surface area contributed by atoms with Crippen molar-refractivity contribution in [3.05, 3.63) is 71.8 Å². The maximum atomic E-state index is 13.0. The predicted octanol–water partition coefficient (Wildman–Crippen LogP) is 3.27. The van der Waals surface area contributed by atoms with Crippen LogP contribution in [-0.2, 0) is 10.0 Å². The summed E-state index contributed by atoms with van der Waals surface area (Å²) in [6.45, 7) is 5.76. The lowest BCUT2D eigenvalue weighted by Gasteiger charge is -2.25. The Morgan fingerprint density at radius 2 is 1.73 bits per heavy atom. The lowest BCUT2D eigenvalue weighted by Crippen LogP contribution is -2.30. The molecule has 0 aliphatic heterocycles. The van der Waals surface area contributed by atoms with Crippen molar-refractivity contribution in [2.75, 3.05) is 7.05 Å². The molecule has 0 amide bonds. The van der Waals surface area contributed by atoms with Gasteiger partial charge in [-0.05, 0) is 61.7 Å². The third-order valence-corrected chi connectivity index (χ3v) is 6.68. The van der Waals surface area contributed by atoms with E-state index in [1.54, 1.807) is 30.2 Å². The highest BCUT2D eigenvalue weighted by molar-refractivity contribution is 7.89. The van der Waals surface area contributed by atoms with Crippen molar-refractivity contribution >= 4 is 10.0 Å². The van der Waals surface area contributed by atoms with Gasteiger partial charge in [0.25, 0.3) is 0 Å². The number of hydrogen-bond donors (Lipinski definition) is 0. The Hall–Kier alpha value is -2.51. The maximum Gasteiger partial charge on any atom is 0.243 e. The van der Waals surface area contributed by atoms with Gasteiger partial charge in [-0.15, -0.1) is 0 Å². The zero-order valence-corrected chi connectivity index (χ0v) is 16.1. The third-order valence-electron chi connectivity index (χ3n) is 4.76. The molecule has 3 aromatic rings. The minimum Gasteiger partial charge on any atom is -0.223 e. The SMILES string of the molecule is Cc1ccc(S(=O)(=O)N(C)[C@H](C)c2ccc(-n3cncn3)cc2)cc1C. The van der Waals surface area contributed by atoms with Gasteiger partial charge in [-0.3, -0.25) is 0 Å². The summed E-state index contributed by atoms with van der Waals surface area (Å²) in [6.07, 6.45) is 3.09. The molecule has 0 aliphatic rings. The molecule has 0 saturated carbocycles. The molecular formula is C19H22N4O2S. The largest absolute Gasteiger partial charge is 0.243 e. The van der Waals surface area contributed by atoms with E-state index >= 15 is 0 Å². The van der Waals surface area contributed by atoms with Gasteiger partial charge in [0.15, 0.2) is 0 Å². The molecule has 0 spiro atoms. The van der Waals surface area contributed by atoms with Crippen LogP contribution in [0.4, 0.5) is 0 Å². The van der Waals surface area contributed by atoms with Crippen molar-refractivity contribution in [2.45, 2.75) is 31.7 Å². The van der Waals surface area contributed by atoms with Crippen molar-refractivity contribution in [2.24, 2.45) is 0 Å². The van der Waals surface area contributed by atoms with E-state index in [-0.39, 0.29) is 6.04 Å². The van der Waals surface area contributed by atoms with Crippen molar-refractivity contribution in [1.82, 2.24) is 19.1 Å². The highest BCUT2D eigenvalue weighted by Crippen LogP contribution is 2.27. The number of aromatic nitrogens is 3. The molecule has 7 heteroatoms. The van der Waals surface area contributed by atoms with Gasteiger partial charge in [0.05, 0.1) is 10.6 Å². The fourth-order valence-corrected chi connectivity index (χ4v) is 4.14. The van der Waals surface area contributed by atoms with Gasteiger partial charge in [-0.25, -0.2) is 18.1 Å². The Labute approximate surface area is 154 Å². The van der Waals surface area contributed by atoms with E-state index in [4.69, 9.17) is 0 Å². The molecule has 1 atom stereocenters. The van der Waals surface area contributed by atoms with Crippen LogP contribution in [0.1, 0.15) is 29.7 Å². The van der Waals surface area contributed by atoms with Gasteiger partial charge in [-0.2, -0.15) is 9.40 Å². The normalized spacial score (nSPS) is 13.1. The van der Waals surface area contributed by atoms with E-state index in [9.17, 15) is 8.42 Å². The molecule has 3 rings (SSSR count). The minimum atomic E-state index is -3.57. The van der Waals surface area contributed by atoms with Gasteiger partial charge >= 0.3 is 0 Å². The summed E-state index contributed by atoms with van der Waals surface area (Å²) in [5.41, 5.74) is 3.81. The van der Waals surface area contributed by atoms with Crippen LogP contribution in [0.2, 0.25) is 0 Å². The smallest absolute Gasteiger partial charge is 0.223 e. The Morgan fingerprint density at radius 3 is 2.31 bits per heavy atom. The van der Waals surface area contributed by atoms with Crippen LogP contribution in [0.5, 0.6) is 0 Å². The molecule has 0 fully saturated rings. The standard InChI is InChI=1S/C19H22N4O2S/c1-14-5-10-19(11-15(14)2)26(24,25)22(4)16(3)17-6-8-18(9-7-17)23-13-20-12-21-23/h5-13,16H,1-4H3/t16-/m1/s1. The first kappa shape index (κ1) is 18.3. The van der Waals surface area contributed by atoms with Crippen LogP contribution in [-0.4, -0.2) is 34.5 Å². The van der Waals surface area contributed by atoms with Crippen LogP contribution >= 0.6 is 0 Å². The van der Waals surface area contributed by atoms with Crippen LogP contribution < -0.4 is 0 Å². The summed E-state index contributed by atoms with van der Waals surface area (Å²) in [5.74, 6) is 0. The first-order valence-electron chi connectivity index (χ1n) is 8.31. The Morgan fingerprint density at radius 1 is 1.04 bits per heavy atom. The average Bonchev–Trinajstić information content (AvgIpc) is 3.17. The van der Waals surface area contributed by atoms with Gasteiger partial charge in [-0.1, -0.05) is 18.2 Å². The second kappa shape index (κ2) is 7.01. The Bertz CT molecular complexity index is 997. The summed E-state index contributed by atoms with van der Waals surface area (Å²) in [4.78, 5) is 4.24. The van der Waals surface area contributed by atoms with Crippen molar-refractivity contribution in [1.29, 1.82) is 0 Å². The molecule has 6 nitrogen and oxygen atoms in total. The topological polar surface area (TPSA) is 68.1 Å². The quantitative estimate of drug-likeness (QED) is 0.691. The summed E-state index contributed by atoms with van der Waals surface area (Å²) in [6, 6.07) is 12.5. The average molecular weight is 370 g/mol. The molecule has 136 valence electrons. The molecule has 0 bridgehead atoms. The fourth-order valence-electron chi connectivity index (χ4n) is 2.71. The molecular weight excluding hydrogens is 348 g/mol. The molecule has 26 heavy (non-hydrogen) atoms. The molecule has 1 heterocycles. The van der Waals surface area contributed by atoms with E-state index in [0.29, 0.717) is 4.90 Å². The summed E-state index contributed by atoms with van der Waals surface area (Å²) in [7, 11) is -1.96. The molecule has 2 aromatic carbocycles. The Kier molecular flexibility index (Phi) is 4.93. The monoisotopic (exact) mass is 370 g/mol. The molecule has 0 radical (unpaired) electrons. The predicted molar refractivity (Wildman–Crippen MR) is 101 cm³/mol. The lowest BCUT2D eigenvalue weighted by molar-refractivity contribution is 0.398. The second-order valence-electron chi connectivity index (χ2n) is 6.37. The number of sulfonamides is 1. The van der Waals surface area contributed by atoms with Crippen molar-refractivity contribution < 1.29 is 8.42 Å². The summed E-state index contributed by atoms with van der Waals surface area (Å²) >= 11 is 0. The van der Waals surface area contributed by atoms with E-state index < -0.39 is 10.0 Å². The van der Waals surface area contributed by atoms with Gasteiger partial charge < -0.3 is 0 Å². The zero-order valence-electron chi connectivity index (χ0n) is 15.3. The molecule has 0 unspecified atom stereocenters. The molecule has 0 N–H and O–H groups in total. The zero-order chi connectivity index (χ0) is 18.9. The number of rotatable bonds is 5. The van der Waals surface area contributed by atoms with Crippen molar-refractivity contribution in [3.8, 4) is 5.69 Å². The number of hydrogen-bond acceptors (Lipinski definition) is 4. The first-order valence-corrected chi connectivity index (χ1v) is 9.75. The lowest BCUT2D eigenvalue weighted by atomic mass is 10.1. The minimum absolute atomic E-state index is 0.300. The third kappa shape index (κ3) is 3.40. The fraction of sp³-hybridized carbons (Fsp3) is 0.263. The highest BCUT2D eigenvalue weighted by Gasteiger charge is 2.26. The molecule has 0 aliphatic carbocycles. The molecule has 0 saturated heterocycles. The Balaban J connectivity index is 1.86. The van der Waals surface area contributed by atoms with Gasteiger partial charge in [0, 0.05) is 13.1 Å². The van der Waals surface area contributed by atoms with Crippen LogP contribution in [0.15, 0.2) is 60.0 Å².